The monoisotopic (exact) mass is 371 g/mol. The summed E-state index contributed by atoms with van der Waals surface area (Å²) in [7, 11) is 0. The van der Waals surface area contributed by atoms with Crippen LogP contribution in [0.3, 0.4) is 0 Å². The Kier molecular flexibility index (Phi) is 5.43. The number of aliphatic hydroxyl groups is 1. The van der Waals surface area contributed by atoms with Crippen LogP contribution < -0.4 is 10.6 Å². The smallest absolute Gasteiger partial charge is 0.271 e. The maximum Gasteiger partial charge on any atom is 0.271 e. The summed E-state index contributed by atoms with van der Waals surface area (Å²) in [5.41, 5.74) is 1.89. The molecule has 2 atom stereocenters. The van der Waals surface area contributed by atoms with Crippen LogP contribution in [0.15, 0.2) is 30.5 Å². The highest BCUT2D eigenvalue weighted by atomic mass is 32.1. The molecule has 136 valence electrons. The van der Waals surface area contributed by atoms with Gasteiger partial charge in [-0.3, -0.25) is 9.78 Å². The lowest BCUT2D eigenvalue weighted by molar-refractivity contribution is 0.0921. The molecule has 0 aliphatic heterocycles. The Morgan fingerprint density at radius 1 is 1.31 bits per heavy atom. The number of aliphatic hydroxyl groups excluding tert-OH is 1. The Morgan fingerprint density at radius 2 is 2.12 bits per heavy atom. The molecule has 3 aromatic rings. The number of hydrogen-bond donors (Lipinski definition) is 3. The number of hydrogen-bond acceptors (Lipinski definition) is 7. The van der Waals surface area contributed by atoms with Crippen LogP contribution in [-0.4, -0.2) is 38.6 Å². The second-order valence-corrected chi connectivity index (χ2v) is 7.40. The molecule has 8 heteroatoms. The highest BCUT2D eigenvalue weighted by molar-refractivity contribution is 7.19. The summed E-state index contributed by atoms with van der Waals surface area (Å²) in [5.74, 6) is 0.0457. The van der Waals surface area contributed by atoms with Gasteiger partial charge in [0.1, 0.15) is 0 Å². The third-order valence-corrected chi connectivity index (χ3v) is 4.79. The number of pyridine rings is 1. The number of fused-ring (bicyclic) bond motifs is 1. The molecule has 0 aromatic carbocycles. The summed E-state index contributed by atoms with van der Waals surface area (Å²) in [5, 5.41) is 15.3. The van der Waals surface area contributed by atoms with Gasteiger partial charge in [-0.2, -0.15) is 0 Å². The van der Waals surface area contributed by atoms with Crippen LogP contribution in [0.1, 0.15) is 40.9 Å². The molecule has 0 aliphatic carbocycles. The first-order chi connectivity index (χ1) is 12.4. The predicted molar refractivity (Wildman–Crippen MR) is 102 cm³/mol. The van der Waals surface area contributed by atoms with Crippen molar-refractivity contribution in [1.82, 2.24) is 20.3 Å². The Bertz CT molecular complexity index is 911. The van der Waals surface area contributed by atoms with Gasteiger partial charge in [-0.15, -0.1) is 11.3 Å². The number of amides is 1. The van der Waals surface area contributed by atoms with Crippen molar-refractivity contribution >= 4 is 33.4 Å². The average Bonchev–Trinajstić information content (AvgIpc) is 2.99. The first-order valence-electron chi connectivity index (χ1n) is 8.36. The van der Waals surface area contributed by atoms with E-state index >= 15 is 0 Å². The van der Waals surface area contributed by atoms with E-state index in [1.165, 1.54) is 11.3 Å². The molecule has 3 heterocycles. The van der Waals surface area contributed by atoms with Crippen LogP contribution >= 0.6 is 11.3 Å². The number of nitrogens with zero attached hydrogens (tertiary/aromatic N) is 3. The third kappa shape index (κ3) is 4.14. The van der Waals surface area contributed by atoms with Crippen LogP contribution in [0.25, 0.3) is 10.2 Å². The normalized spacial score (nSPS) is 13.4. The lowest BCUT2D eigenvalue weighted by Crippen LogP contribution is -2.31. The molecule has 0 aliphatic rings. The lowest BCUT2D eigenvalue weighted by Gasteiger charge is -2.14. The fourth-order valence-corrected chi connectivity index (χ4v) is 3.43. The molecule has 3 N–H and O–H groups in total. The number of aryl methyl sites for hydroxylation is 1. The van der Waals surface area contributed by atoms with Gasteiger partial charge in [0.25, 0.3) is 5.91 Å². The highest BCUT2D eigenvalue weighted by Crippen LogP contribution is 2.28. The molecule has 0 bridgehead atoms. The summed E-state index contributed by atoms with van der Waals surface area (Å²) in [6.07, 6.45) is 1.11. The van der Waals surface area contributed by atoms with Crippen molar-refractivity contribution in [2.24, 2.45) is 0 Å². The van der Waals surface area contributed by atoms with Gasteiger partial charge in [-0.1, -0.05) is 6.07 Å². The summed E-state index contributed by atoms with van der Waals surface area (Å²) in [6.45, 7) is 5.71. The summed E-state index contributed by atoms with van der Waals surface area (Å²) in [4.78, 5) is 26.9. The molecule has 7 nitrogen and oxygen atoms in total. The Hall–Kier alpha value is -2.58. The van der Waals surface area contributed by atoms with E-state index in [-0.39, 0.29) is 18.5 Å². The SMILES string of the molecule is Cc1cc2nc(NC(C)c3ccccn3)nc(C(=O)NCC(C)O)c2s1. The van der Waals surface area contributed by atoms with Gasteiger partial charge < -0.3 is 15.7 Å². The van der Waals surface area contributed by atoms with Gasteiger partial charge in [0.2, 0.25) is 5.95 Å². The molecular weight excluding hydrogens is 350 g/mol. The van der Waals surface area contributed by atoms with E-state index < -0.39 is 6.10 Å². The molecule has 3 aromatic heterocycles. The third-order valence-electron chi connectivity index (χ3n) is 3.74. The van der Waals surface area contributed by atoms with Crippen molar-refractivity contribution in [2.45, 2.75) is 32.9 Å². The fraction of sp³-hybridized carbons (Fsp3) is 0.333. The van der Waals surface area contributed by atoms with Crippen molar-refractivity contribution in [1.29, 1.82) is 0 Å². The van der Waals surface area contributed by atoms with Crippen LogP contribution in [0.4, 0.5) is 5.95 Å². The molecular formula is C18H21N5O2S. The zero-order valence-electron chi connectivity index (χ0n) is 14.9. The van der Waals surface area contributed by atoms with E-state index in [0.717, 1.165) is 20.8 Å². The number of aromatic nitrogens is 3. The fourth-order valence-electron chi connectivity index (χ4n) is 2.49. The topological polar surface area (TPSA) is 100 Å². The molecule has 0 fully saturated rings. The van der Waals surface area contributed by atoms with Crippen LogP contribution in [-0.2, 0) is 0 Å². The number of anilines is 1. The number of rotatable bonds is 6. The van der Waals surface area contributed by atoms with Gasteiger partial charge in [0.15, 0.2) is 5.69 Å². The van der Waals surface area contributed by atoms with E-state index in [1.807, 2.05) is 38.1 Å². The molecule has 0 saturated carbocycles. The minimum absolute atomic E-state index is 0.109. The quantitative estimate of drug-likeness (QED) is 0.616. The Morgan fingerprint density at radius 3 is 2.81 bits per heavy atom. The van der Waals surface area contributed by atoms with Gasteiger partial charge in [0.05, 0.1) is 28.1 Å². The predicted octanol–water partition coefficient (Wildman–Crippen LogP) is 2.68. The van der Waals surface area contributed by atoms with Gasteiger partial charge in [-0.05, 0) is 39.0 Å². The van der Waals surface area contributed by atoms with Crippen molar-refractivity contribution in [3.8, 4) is 0 Å². The first-order valence-corrected chi connectivity index (χ1v) is 9.17. The average molecular weight is 371 g/mol. The zero-order valence-corrected chi connectivity index (χ0v) is 15.7. The van der Waals surface area contributed by atoms with Crippen LogP contribution in [0, 0.1) is 6.92 Å². The molecule has 0 radical (unpaired) electrons. The second kappa shape index (κ2) is 7.76. The maximum absolute atomic E-state index is 12.5. The van der Waals surface area contributed by atoms with Gasteiger partial charge in [0, 0.05) is 17.6 Å². The van der Waals surface area contributed by atoms with E-state index in [4.69, 9.17) is 0 Å². The number of thiophene rings is 1. The van der Waals surface area contributed by atoms with Crippen molar-refractivity contribution in [3.63, 3.8) is 0 Å². The molecule has 3 rings (SSSR count). The van der Waals surface area contributed by atoms with E-state index in [0.29, 0.717) is 11.6 Å². The number of carbonyl (C=O) groups is 1. The zero-order chi connectivity index (χ0) is 18.7. The summed E-state index contributed by atoms with van der Waals surface area (Å²) in [6, 6.07) is 7.52. The molecule has 0 saturated heterocycles. The standard InChI is InChI=1S/C18H21N5O2S/c1-10(24)9-20-17(25)15-16-14(8-11(2)26-16)22-18(23-15)21-12(3)13-6-4-5-7-19-13/h4-8,10,12,24H,9H2,1-3H3,(H,20,25)(H,21,22,23). The number of nitrogens with one attached hydrogen (secondary N) is 2. The Labute approximate surface area is 155 Å². The summed E-state index contributed by atoms with van der Waals surface area (Å²) >= 11 is 1.48. The van der Waals surface area contributed by atoms with Crippen LogP contribution in [0.5, 0.6) is 0 Å². The minimum Gasteiger partial charge on any atom is -0.392 e. The maximum atomic E-state index is 12.5. The Balaban J connectivity index is 1.92. The summed E-state index contributed by atoms with van der Waals surface area (Å²) < 4.78 is 0.738. The lowest BCUT2D eigenvalue weighted by atomic mass is 10.2. The molecule has 1 amide bonds. The molecule has 26 heavy (non-hydrogen) atoms. The highest BCUT2D eigenvalue weighted by Gasteiger charge is 2.18. The largest absolute Gasteiger partial charge is 0.392 e. The van der Waals surface area contributed by atoms with Gasteiger partial charge in [-0.25, -0.2) is 9.97 Å². The molecule has 2 unspecified atom stereocenters. The van der Waals surface area contributed by atoms with Crippen LogP contribution in [0.2, 0.25) is 0 Å². The second-order valence-electron chi connectivity index (χ2n) is 6.15. The first kappa shape index (κ1) is 18.2. The van der Waals surface area contributed by atoms with E-state index in [9.17, 15) is 9.90 Å². The molecule has 0 spiro atoms. The van der Waals surface area contributed by atoms with Crippen molar-refractivity contribution in [2.75, 3.05) is 11.9 Å². The minimum atomic E-state index is -0.622. The van der Waals surface area contributed by atoms with Gasteiger partial charge >= 0.3 is 0 Å². The van der Waals surface area contributed by atoms with E-state index in [2.05, 4.69) is 25.6 Å². The van der Waals surface area contributed by atoms with E-state index in [1.54, 1.807) is 13.1 Å². The van der Waals surface area contributed by atoms with Crippen molar-refractivity contribution in [3.05, 3.63) is 46.7 Å². The number of carbonyl (C=O) groups excluding carboxylic acids is 1. The van der Waals surface area contributed by atoms with Crippen molar-refractivity contribution < 1.29 is 9.90 Å².